The zero-order valence-corrected chi connectivity index (χ0v) is 10.7. The molecule has 0 aromatic heterocycles. The van der Waals surface area contributed by atoms with Gasteiger partial charge in [-0.2, -0.15) is 8.78 Å². The normalized spacial score (nSPS) is 14.4. The highest BCUT2D eigenvalue weighted by Gasteiger charge is 2.20. The maximum atomic E-state index is 13.4. The van der Waals surface area contributed by atoms with E-state index in [-0.39, 0.29) is 18.0 Å². The maximum Gasteiger partial charge on any atom is 0.387 e. The number of alkyl halides is 2. The first-order valence-electron chi connectivity index (χ1n) is 6.32. The van der Waals surface area contributed by atoms with Crippen molar-refractivity contribution in [2.45, 2.75) is 31.9 Å². The molecule has 0 aliphatic heterocycles. The van der Waals surface area contributed by atoms with Crippen LogP contribution in [-0.4, -0.2) is 25.1 Å². The van der Waals surface area contributed by atoms with Crippen molar-refractivity contribution in [1.82, 2.24) is 5.32 Å². The number of hydrogen-bond acceptors (Lipinski definition) is 3. The molecule has 0 unspecified atom stereocenters. The highest BCUT2D eigenvalue weighted by atomic mass is 19.3. The Morgan fingerprint density at radius 3 is 2.75 bits per heavy atom. The molecule has 1 aromatic rings. The summed E-state index contributed by atoms with van der Waals surface area (Å²) >= 11 is 0. The molecule has 110 valence electrons. The van der Waals surface area contributed by atoms with Crippen LogP contribution in [0.2, 0.25) is 0 Å². The number of carbonyl (C=O) groups is 1. The third-order valence-corrected chi connectivity index (χ3v) is 2.79. The largest absolute Gasteiger partial charge is 0.432 e. The fourth-order valence-corrected chi connectivity index (χ4v) is 1.67. The number of carbonyl (C=O) groups excluding carboxylic acids is 1. The molecule has 7 heteroatoms. The number of halogens is 3. The molecular formula is C13H15F3N2O2. The van der Waals surface area contributed by atoms with Gasteiger partial charge >= 0.3 is 6.61 Å². The highest BCUT2D eigenvalue weighted by Crippen LogP contribution is 2.23. The average Bonchev–Trinajstić information content (AvgIpc) is 3.16. The van der Waals surface area contributed by atoms with E-state index >= 15 is 0 Å². The molecule has 1 aromatic carbocycles. The molecule has 0 atom stereocenters. The molecule has 0 heterocycles. The van der Waals surface area contributed by atoms with Gasteiger partial charge in [-0.1, -0.05) is 0 Å². The average molecular weight is 288 g/mol. The third kappa shape index (κ3) is 4.73. The number of ether oxygens (including phenoxy) is 1. The Morgan fingerprint density at radius 1 is 1.40 bits per heavy atom. The molecule has 1 amide bonds. The lowest BCUT2D eigenvalue weighted by Gasteiger charge is -2.09. The summed E-state index contributed by atoms with van der Waals surface area (Å²) in [5, 5.41) is 5.67. The van der Waals surface area contributed by atoms with Crippen molar-refractivity contribution in [2.24, 2.45) is 0 Å². The molecule has 20 heavy (non-hydrogen) atoms. The van der Waals surface area contributed by atoms with Crippen LogP contribution in [0.5, 0.6) is 5.75 Å². The van der Waals surface area contributed by atoms with Crippen molar-refractivity contribution < 1.29 is 22.7 Å². The SMILES string of the molecule is O=C(CCNC1CC1)Nc1ccc(OC(F)F)c(F)c1. The van der Waals surface area contributed by atoms with E-state index < -0.39 is 18.2 Å². The summed E-state index contributed by atoms with van der Waals surface area (Å²) in [6.45, 7) is -2.52. The Morgan fingerprint density at radius 2 is 2.15 bits per heavy atom. The van der Waals surface area contributed by atoms with Gasteiger partial charge in [-0.05, 0) is 25.0 Å². The van der Waals surface area contributed by atoms with Crippen molar-refractivity contribution >= 4 is 11.6 Å². The van der Waals surface area contributed by atoms with Crippen LogP contribution in [0.25, 0.3) is 0 Å². The second kappa shape index (κ2) is 6.60. The Labute approximate surface area is 114 Å². The van der Waals surface area contributed by atoms with E-state index in [1.54, 1.807) is 0 Å². The number of rotatable bonds is 7. The van der Waals surface area contributed by atoms with E-state index in [2.05, 4.69) is 15.4 Å². The standard InChI is InChI=1S/C13H15F3N2O2/c14-10-7-9(3-4-11(10)20-13(15)16)18-12(19)5-6-17-8-1-2-8/h3-4,7-8,13,17H,1-2,5-6H2,(H,18,19). The number of anilines is 1. The van der Waals surface area contributed by atoms with E-state index in [0.29, 0.717) is 12.6 Å². The predicted molar refractivity (Wildman–Crippen MR) is 67.3 cm³/mol. The minimum absolute atomic E-state index is 0.209. The van der Waals surface area contributed by atoms with Crippen LogP contribution in [-0.2, 0) is 4.79 Å². The van der Waals surface area contributed by atoms with Gasteiger partial charge in [0.05, 0.1) is 0 Å². The molecule has 0 bridgehead atoms. The zero-order chi connectivity index (χ0) is 14.5. The molecule has 0 radical (unpaired) electrons. The highest BCUT2D eigenvalue weighted by molar-refractivity contribution is 5.90. The molecular weight excluding hydrogens is 273 g/mol. The van der Waals surface area contributed by atoms with Crippen LogP contribution in [0.4, 0.5) is 18.9 Å². The fourth-order valence-electron chi connectivity index (χ4n) is 1.67. The van der Waals surface area contributed by atoms with E-state index in [9.17, 15) is 18.0 Å². The van der Waals surface area contributed by atoms with E-state index in [4.69, 9.17) is 0 Å². The van der Waals surface area contributed by atoms with Gasteiger partial charge in [-0.25, -0.2) is 4.39 Å². The van der Waals surface area contributed by atoms with Gasteiger partial charge in [-0.15, -0.1) is 0 Å². The van der Waals surface area contributed by atoms with Gasteiger partial charge < -0.3 is 15.4 Å². The summed E-state index contributed by atoms with van der Waals surface area (Å²) < 4.78 is 41.3. The van der Waals surface area contributed by atoms with Crippen LogP contribution in [0, 0.1) is 5.82 Å². The lowest BCUT2D eigenvalue weighted by molar-refractivity contribution is -0.116. The molecule has 1 saturated carbocycles. The molecule has 4 nitrogen and oxygen atoms in total. The van der Waals surface area contributed by atoms with Gasteiger partial charge in [0.1, 0.15) is 0 Å². The first-order valence-corrected chi connectivity index (χ1v) is 6.32. The predicted octanol–water partition coefficient (Wildman–Crippen LogP) is 2.51. The lowest BCUT2D eigenvalue weighted by Crippen LogP contribution is -2.23. The fraction of sp³-hybridized carbons (Fsp3) is 0.462. The molecule has 0 saturated heterocycles. The van der Waals surface area contributed by atoms with Crippen molar-refractivity contribution in [3.8, 4) is 5.75 Å². The summed E-state index contributed by atoms with van der Waals surface area (Å²) in [5.41, 5.74) is 0.209. The monoisotopic (exact) mass is 288 g/mol. The maximum absolute atomic E-state index is 13.4. The lowest BCUT2D eigenvalue weighted by atomic mass is 10.2. The van der Waals surface area contributed by atoms with Crippen LogP contribution >= 0.6 is 0 Å². The van der Waals surface area contributed by atoms with Gasteiger partial charge in [0, 0.05) is 30.8 Å². The second-order valence-corrected chi connectivity index (χ2v) is 4.55. The molecule has 2 rings (SSSR count). The van der Waals surface area contributed by atoms with E-state index in [0.717, 1.165) is 25.0 Å². The van der Waals surface area contributed by atoms with Crippen molar-refractivity contribution in [3.63, 3.8) is 0 Å². The topological polar surface area (TPSA) is 50.4 Å². The van der Waals surface area contributed by atoms with Gasteiger partial charge in [-0.3, -0.25) is 4.79 Å². The first kappa shape index (κ1) is 14.6. The summed E-state index contributed by atoms with van der Waals surface area (Å²) in [6, 6.07) is 3.84. The smallest absolute Gasteiger partial charge is 0.387 e. The minimum Gasteiger partial charge on any atom is -0.432 e. The Kier molecular flexibility index (Phi) is 4.84. The van der Waals surface area contributed by atoms with Gasteiger partial charge in [0.25, 0.3) is 0 Å². The summed E-state index contributed by atoms with van der Waals surface area (Å²) in [5.74, 6) is -1.76. The number of amides is 1. The third-order valence-electron chi connectivity index (χ3n) is 2.79. The number of hydrogen-bond donors (Lipinski definition) is 2. The summed E-state index contributed by atoms with van der Waals surface area (Å²) in [4.78, 5) is 11.6. The molecule has 2 N–H and O–H groups in total. The number of benzene rings is 1. The summed E-state index contributed by atoms with van der Waals surface area (Å²) in [6.07, 6.45) is 2.55. The number of nitrogens with one attached hydrogen (secondary N) is 2. The molecule has 1 fully saturated rings. The zero-order valence-electron chi connectivity index (χ0n) is 10.7. The molecule has 1 aliphatic rings. The summed E-state index contributed by atoms with van der Waals surface area (Å²) in [7, 11) is 0. The van der Waals surface area contributed by atoms with E-state index in [1.165, 1.54) is 6.07 Å². The quantitative estimate of drug-likeness (QED) is 0.810. The van der Waals surface area contributed by atoms with Gasteiger partial charge in [0.2, 0.25) is 5.91 Å². The van der Waals surface area contributed by atoms with Crippen LogP contribution < -0.4 is 15.4 Å². The van der Waals surface area contributed by atoms with Crippen LogP contribution in [0.15, 0.2) is 18.2 Å². The Bertz CT molecular complexity index is 479. The Hall–Kier alpha value is -1.76. The Balaban J connectivity index is 1.82. The minimum atomic E-state index is -3.08. The van der Waals surface area contributed by atoms with Crippen LogP contribution in [0.1, 0.15) is 19.3 Å². The van der Waals surface area contributed by atoms with Crippen LogP contribution in [0.3, 0.4) is 0 Å². The molecule has 1 aliphatic carbocycles. The van der Waals surface area contributed by atoms with Crippen molar-refractivity contribution in [2.75, 3.05) is 11.9 Å². The molecule has 0 spiro atoms. The van der Waals surface area contributed by atoms with Crippen molar-refractivity contribution in [3.05, 3.63) is 24.0 Å². The first-order chi connectivity index (χ1) is 9.54. The van der Waals surface area contributed by atoms with E-state index in [1.807, 2.05) is 0 Å². The van der Waals surface area contributed by atoms with Crippen molar-refractivity contribution in [1.29, 1.82) is 0 Å². The second-order valence-electron chi connectivity index (χ2n) is 4.55. The van der Waals surface area contributed by atoms with Gasteiger partial charge in [0.15, 0.2) is 11.6 Å².